The first kappa shape index (κ1) is 7.92. The van der Waals surface area contributed by atoms with Gasteiger partial charge in [-0.15, -0.1) is 0 Å². The Labute approximate surface area is 64.9 Å². The van der Waals surface area contributed by atoms with Crippen molar-refractivity contribution in [2.75, 3.05) is 0 Å². The molecule has 11 heavy (non-hydrogen) atoms. The Hall–Kier alpha value is -1.18. The molecule has 0 radical (unpaired) electrons. The fourth-order valence-corrected chi connectivity index (χ4v) is 0.866. The van der Waals surface area contributed by atoms with E-state index in [0.717, 1.165) is 0 Å². The van der Waals surface area contributed by atoms with Crippen LogP contribution in [0.5, 0.6) is 0 Å². The highest BCUT2D eigenvalue weighted by Gasteiger charge is 2.02. The van der Waals surface area contributed by atoms with Crippen molar-refractivity contribution in [1.82, 2.24) is 0 Å². The Morgan fingerprint density at radius 2 is 2.27 bits per heavy atom. The lowest BCUT2D eigenvalue weighted by Gasteiger charge is -1.95. The van der Waals surface area contributed by atoms with Gasteiger partial charge < -0.3 is 0 Å². The van der Waals surface area contributed by atoms with E-state index >= 15 is 0 Å². The van der Waals surface area contributed by atoms with Crippen LogP contribution < -0.4 is 0 Å². The molecule has 0 fully saturated rings. The maximum Gasteiger partial charge on any atom is 0.162 e. The zero-order valence-corrected chi connectivity index (χ0v) is 6.30. The van der Waals surface area contributed by atoms with Crippen LogP contribution in [-0.4, -0.2) is 5.78 Å². The molecule has 58 valence electrons. The summed E-state index contributed by atoms with van der Waals surface area (Å²) >= 11 is 0. The van der Waals surface area contributed by atoms with Crippen molar-refractivity contribution < 1.29 is 9.18 Å². The quantitative estimate of drug-likeness (QED) is 0.595. The summed E-state index contributed by atoms with van der Waals surface area (Å²) in [5.74, 6) is -0.381. The molecule has 0 N–H and O–H groups in total. The number of hydrogen-bond acceptors (Lipinski definition) is 1. The van der Waals surface area contributed by atoms with Gasteiger partial charge in [-0.05, 0) is 12.1 Å². The second-order valence-corrected chi connectivity index (χ2v) is 2.29. The average molecular weight is 152 g/mol. The van der Waals surface area contributed by atoms with E-state index in [9.17, 15) is 9.18 Å². The molecule has 0 spiro atoms. The Kier molecular flexibility index (Phi) is 2.36. The molecule has 0 aliphatic carbocycles. The lowest BCUT2D eigenvalue weighted by Crippen LogP contribution is -1.95. The number of Topliss-reactive ketones (excluding diaryl/α,β-unsaturated/α-hetero) is 1. The van der Waals surface area contributed by atoms with E-state index < -0.39 is 0 Å². The molecule has 0 saturated heterocycles. The topological polar surface area (TPSA) is 17.1 Å². The van der Waals surface area contributed by atoms with Crippen molar-refractivity contribution in [3.8, 4) is 0 Å². The summed E-state index contributed by atoms with van der Waals surface area (Å²) in [6.07, 6.45) is 0.420. The average Bonchev–Trinajstić information content (AvgIpc) is 2.03. The lowest BCUT2D eigenvalue weighted by molar-refractivity contribution is 0.0987. The zero-order valence-electron chi connectivity index (χ0n) is 6.30. The summed E-state index contributed by atoms with van der Waals surface area (Å²) in [6, 6.07) is 5.74. The zero-order chi connectivity index (χ0) is 8.27. The van der Waals surface area contributed by atoms with Crippen LogP contribution in [0.4, 0.5) is 4.39 Å². The third-order valence-electron chi connectivity index (χ3n) is 1.47. The smallest absolute Gasteiger partial charge is 0.162 e. The lowest BCUT2D eigenvalue weighted by atomic mass is 10.1. The summed E-state index contributed by atoms with van der Waals surface area (Å²) in [5.41, 5.74) is 0.451. The van der Waals surface area contributed by atoms with Crippen LogP contribution in [0.2, 0.25) is 0 Å². The Morgan fingerprint density at radius 3 is 2.82 bits per heavy atom. The van der Waals surface area contributed by atoms with Crippen LogP contribution in [0.3, 0.4) is 0 Å². The second kappa shape index (κ2) is 3.28. The van der Waals surface area contributed by atoms with Gasteiger partial charge >= 0.3 is 0 Å². The third kappa shape index (κ3) is 1.87. The normalized spacial score (nSPS) is 9.64. The van der Waals surface area contributed by atoms with Gasteiger partial charge in [0.15, 0.2) is 5.78 Å². The Morgan fingerprint density at radius 1 is 1.55 bits per heavy atom. The van der Waals surface area contributed by atoms with Crippen molar-refractivity contribution >= 4 is 5.78 Å². The minimum Gasteiger partial charge on any atom is -0.294 e. The van der Waals surface area contributed by atoms with Crippen LogP contribution in [-0.2, 0) is 0 Å². The van der Waals surface area contributed by atoms with Crippen molar-refractivity contribution in [1.29, 1.82) is 0 Å². The Bertz CT molecular complexity index is 268. The Balaban J connectivity index is 2.96. The molecule has 0 amide bonds. The van der Waals surface area contributed by atoms with E-state index in [2.05, 4.69) is 0 Å². The number of carbonyl (C=O) groups excluding carboxylic acids is 1. The van der Waals surface area contributed by atoms with Crippen LogP contribution in [0, 0.1) is 5.82 Å². The minimum atomic E-state index is -0.357. The molecule has 0 atom stereocenters. The van der Waals surface area contributed by atoms with Crippen LogP contribution in [0.15, 0.2) is 24.3 Å². The largest absolute Gasteiger partial charge is 0.294 e. The fourth-order valence-electron chi connectivity index (χ4n) is 0.866. The predicted molar refractivity (Wildman–Crippen MR) is 41.0 cm³/mol. The molecule has 2 heteroatoms. The highest BCUT2D eigenvalue weighted by atomic mass is 19.1. The monoisotopic (exact) mass is 152 g/mol. The summed E-state index contributed by atoms with van der Waals surface area (Å²) in [7, 11) is 0. The van der Waals surface area contributed by atoms with Gasteiger partial charge in [0.05, 0.1) is 0 Å². The van der Waals surface area contributed by atoms with Gasteiger partial charge in [0.2, 0.25) is 0 Å². The first-order chi connectivity index (χ1) is 5.24. The van der Waals surface area contributed by atoms with Gasteiger partial charge in [-0.25, -0.2) is 4.39 Å². The number of rotatable bonds is 2. The first-order valence-corrected chi connectivity index (χ1v) is 3.53. The van der Waals surface area contributed by atoms with Gasteiger partial charge in [0.1, 0.15) is 5.82 Å². The van der Waals surface area contributed by atoms with Gasteiger partial charge in [0.25, 0.3) is 0 Å². The highest BCUT2D eigenvalue weighted by Crippen LogP contribution is 2.05. The molecule has 0 aliphatic heterocycles. The molecular weight excluding hydrogens is 143 g/mol. The molecule has 0 aliphatic rings. The maximum absolute atomic E-state index is 12.5. The fraction of sp³-hybridized carbons (Fsp3) is 0.222. The minimum absolute atomic E-state index is 0.0236. The predicted octanol–water partition coefficient (Wildman–Crippen LogP) is 2.42. The van der Waals surface area contributed by atoms with E-state index in [1.54, 1.807) is 13.0 Å². The van der Waals surface area contributed by atoms with E-state index in [0.29, 0.717) is 12.0 Å². The molecule has 0 heterocycles. The number of halogens is 1. The summed E-state index contributed by atoms with van der Waals surface area (Å²) in [4.78, 5) is 11.0. The van der Waals surface area contributed by atoms with Crippen molar-refractivity contribution in [2.24, 2.45) is 0 Å². The molecule has 0 bridgehead atoms. The highest BCUT2D eigenvalue weighted by molar-refractivity contribution is 5.95. The van der Waals surface area contributed by atoms with Crippen molar-refractivity contribution in [3.63, 3.8) is 0 Å². The molecule has 1 aromatic rings. The molecule has 0 saturated carbocycles. The van der Waals surface area contributed by atoms with Gasteiger partial charge in [-0.1, -0.05) is 19.1 Å². The molecule has 0 aromatic heterocycles. The standard InChI is InChI=1S/C9H9FO/c1-2-9(11)7-4-3-5-8(10)6-7/h3-6H,2H2,1H3. The second-order valence-electron chi connectivity index (χ2n) is 2.29. The van der Waals surface area contributed by atoms with Gasteiger partial charge in [-0.2, -0.15) is 0 Å². The summed E-state index contributed by atoms with van der Waals surface area (Å²) in [6.45, 7) is 1.76. The number of carbonyl (C=O) groups is 1. The summed E-state index contributed by atoms with van der Waals surface area (Å²) < 4.78 is 12.5. The van der Waals surface area contributed by atoms with Gasteiger partial charge in [-0.3, -0.25) is 4.79 Å². The van der Waals surface area contributed by atoms with E-state index in [-0.39, 0.29) is 11.6 Å². The number of hydrogen-bond donors (Lipinski definition) is 0. The maximum atomic E-state index is 12.5. The van der Waals surface area contributed by atoms with Crippen molar-refractivity contribution in [2.45, 2.75) is 13.3 Å². The van der Waals surface area contributed by atoms with Crippen molar-refractivity contribution in [3.05, 3.63) is 35.6 Å². The third-order valence-corrected chi connectivity index (χ3v) is 1.47. The van der Waals surface area contributed by atoms with Crippen LogP contribution in [0.1, 0.15) is 23.7 Å². The molecule has 0 unspecified atom stereocenters. The SMILES string of the molecule is CCC(=O)c1cccc(F)c1. The molecule has 1 nitrogen and oxygen atoms in total. The van der Waals surface area contributed by atoms with Crippen LogP contribution in [0.25, 0.3) is 0 Å². The van der Waals surface area contributed by atoms with E-state index in [1.165, 1.54) is 18.2 Å². The van der Waals surface area contributed by atoms with E-state index in [4.69, 9.17) is 0 Å². The number of ketones is 1. The summed E-state index contributed by atoms with van der Waals surface area (Å²) in [5, 5.41) is 0. The van der Waals surface area contributed by atoms with Gasteiger partial charge in [0, 0.05) is 12.0 Å². The van der Waals surface area contributed by atoms with E-state index in [1.807, 2.05) is 0 Å². The molecular formula is C9H9FO. The number of benzene rings is 1. The molecule has 1 rings (SSSR count). The first-order valence-electron chi connectivity index (χ1n) is 3.53. The van der Waals surface area contributed by atoms with Crippen LogP contribution >= 0.6 is 0 Å². The molecule has 1 aromatic carbocycles.